The number of rotatable bonds is 5. The Bertz CT molecular complexity index is 496. The Morgan fingerprint density at radius 2 is 1.82 bits per heavy atom. The Hall–Kier alpha value is -1.49. The van der Waals surface area contributed by atoms with E-state index in [1.54, 1.807) is 12.1 Å². The van der Waals surface area contributed by atoms with Crippen LogP contribution in [0.25, 0.3) is 0 Å². The van der Waals surface area contributed by atoms with E-state index in [-0.39, 0.29) is 19.3 Å². The first-order valence-electron chi connectivity index (χ1n) is 7.51. The van der Waals surface area contributed by atoms with Crippen molar-refractivity contribution in [2.45, 2.75) is 18.7 Å². The molecule has 1 aromatic rings. The van der Waals surface area contributed by atoms with Crippen molar-refractivity contribution >= 4 is 0 Å². The van der Waals surface area contributed by atoms with Gasteiger partial charge in [0.15, 0.2) is 0 Å². The molecule has 1 unspecified atom stereocenters. The molecule has 1 fully saturated rings. The normalized spacial score (nSPS) is 20.8. The summed E-state index contributed by atoms with van der Waals surface area (Å²) in [6, 6.07) is 9.23. The van der Waals surface area contributed by atoms with Gasteiger partial charge in [0.2, 0.25) is 0 Å². The summed E-state index contributed by atoms with van der Waals surface area (Å²) in [7, 11) is 0. The first-order chi connectivity index (χ1) is 10.7. The molecule has 0 spiro atoms. The van der Waals surface area contributed by atoms with E-state index in [4.69, 9.17) is 5.26 Å². The van der Waals surface area contributed by atoms with Crippen LogP contribution in [0.15, 0.2) is 24.3 Å². The average molecular weight is 305 g/mol. The third kappa shape index (κ3) is 4.50. The van der Waals surface area contributed by atoms with Crippen LogP contribution < -0.4 is 0 Å². The number of β-amino-alcohol motifs (C(OH)–C–C–N with tert-alkyl or cyclic N) is 1. The minimum Gasteiger partial charge on any atom is -0.395 e. The number of nitriles is 1. The lowest BCUT2D eigenvalue weighted by Crippen LogP contribution is -2.44. The number of nitrogens with zero attached hydrogens (tertiary/aromatic N) is 3. The van der Waals surface area contributed by atoms with Crippen LogP contribution in [-0.4, -0.2) is 76.7 Å². The fourth-order valence-corrected chi connectivity index (χ4v) is 2.79. The molecule has 3 N–H and O–H groups in total. The number of hydrogen-bond donors (Lipinski definition) is 3. The molecule has 0 amide bonds. The molecular weight excluding hydrogens is 282 g/mol. The summed E-state index contributed by atoms with van der Waals surface area (Å²) < 4.78 is 0. The highest BCUT2D eigenvalue weighted by atomic mass is 16.3. The second kappa shape index (κ2) is 8.22. The number of hydrogen-bond acceptors (Lipinski definition) is 6. The zero-order valence-corrected chi connectivity index (χ0v) is 12.6. The molecule has 1 heterocycles. The van der Waals surface area contributed by atoms with Gasteiger partial charge < -0.3 is 15.3 Å². The highest BCUT2D eigenvalue weighted by Crippen LogP contribution is 2.12. The van der Waals surface area contributed by atoms with E-state index in [0.29, 0.717) is 31.7 Å². The standard InChI is InChI=1S/C16H23N3O3/c17-7-13-1-3-14(4-2-13)8-18-5-6-19(10-16(22)9-18)15(11-20)12-21/h1-4,15-16,20-22H,5-6,8-12H2. The lowest BCUT2D eigenvalue weighted by Gasteiger charge is -2.28. The van der Waals surface area contributed by atoms with Crippen LogP contribution in [0.5, 0.6) is 0 Å². The van der Waals surface area contributed by atoms with Gasteiger partial charge in [-0.2, -0.15) is 5.26 Å². The quantitative estimate of drug-likeness (QED) is 0.672. The SMILES string of the molecule is N#Cc1ccc(CN2CCN(C(CO)CO)CC(O)C2)cc1. The van der Waals surface area contributed by atoms with Gasteiger partial charge in [0.1, 0.15) is 0 Å². The topological polar surface area (TPSA) is 91.0 Å². The summed E-state index contributed by atoms with van der Waals surface area (Å²) in [5.41, 5.74) is 1.74. The maximum Gasteiger partial charge on any atom is 0.0991 e. The van der Waals surface area contributed by atoms with E-state index in [1.807, 2.05) is 17.0 Å². The van der Waals surface area contributed by atoms with Crippen LogP contribution in [0.1, 0.15) is 11.1 Å². The molecular formula is C16H23N3O3. The molecule has 1 aromatic carbocycles. The summed E-state index contributed by atoms with van der Waals surface area (Å²) >= 11 is 0. The molecule has 0 bridgehead atoms. The van der Waals surface area contributed by atoms with Crippen molar-refractivity contribution in [3.63, 3.8) is 0 Å². The van der Waals surface area contributed by atoms with Gasteiger partial charge in [-0.05, 0) is 17.7 Å². The van der Waals surface area contributed by atoms with Crippen molar-refractivity contribution < 1.29 is 15.3 Å². The Kier molecular flexibility index (Phi) is 6.31. The molecule has 2 rings (SSSR count). The van der Waals surface area contributed by atoms with Crippen molar-refractivity contribution in [2.75, 3.05) is 39.4 Å². The third-order valence-electron chi connectivity index (χ3n) is 4.04. The lowest BCUT2D eigenvalue weighted by molar-refractivity contribution is 0.0471. The van der Waals surface area contributed by atoms with Crippen molar-refractivity contribution in [1.29, 1.82) is 5.26 Å². The van der Waals surface area contributed by atoms with Crippen LogP contribution in [0, 0.1) is 11.3 Å². The molecule has 1 saturated heterocycles. The minimum atomic E-state index is -0.513. The molecule has 1 aliphatic heterocycles. The van der Waals surface area contributed by atoms with E-state index < -0.39 is 6.10 Å². The predicted molar refractivity (Wildman–Crippen MR) is 82.0 cm³/mol. The first kappa shape index (κ1) is 16.9. The second-order valence-corrected chi connectivity index (χ2v) is 5.71. The lowest BCUT2D eigenvalue weighted by atomic mass is 10.1. The van der Waals surface area contributed by atoms with Crippen molar-refractivity contribution in [2.24, 2.45) is 0 Å². The maximum absolute atomic E-state index is 10.1. The van der Waals surface area contributed by atoms with Crippen molar-refractivity contribution in [3.05, 3.63) is 35.4 Å². The fraction of sp³-hybridized carbons (Fsp3) is 0.562. The molecule has 0 aromatic heterocycles. The summed E-state index contributed by atoms with van der Waals surface area (Å²) in [6.45, 7) is 2.94. The molecule has 22 heavy (non-hydrogen) atoms. The van der Waals surface area contributed by atoms with Gasteiger partial charge in [0, 0.05) is 32.7 Å². The van der Waals surface area contributed by atoms with Gasteiger partial charge in [-0.1, -0.05) is 12.1 Å². The Morgan fingerprint density at radius 1 is 1.14 bits per heavy atom. The third-order valence-corrected chi connectivity index (χ3v) is 4.04. The summed E-state index contributed by atoms with van der Waals surface area (Å²) in [4.78, 5) is 4.08. The van der Waals surface area contributed by atoms with Crippen LogP contribution in [0.4, 0.5) is 0 Å². The van der Waals surface area contributed by atoms with Gasteiger partial charge in [0.05, 0.1) is 37.0 Å². The Labute approximate surface area is 130 Å². The zero-order chi connectivity index (χ0) is 15.9. The number of aliphatic hydroxyl groups is 3. The molecule has 6 heteroatoms. The van der Waals surface area contributed by atoms with Gasteiger partial charge in [-0.15, -0.1) is 0 Å². The van der Waals surface area contributed by atoms with E-state index in [2.05, 4.69) is 11.0 Å². The average Bonchev–Trinajstić information content (AvgIpc) is 2.71. The fourth-order valence-electron chi connectivity index (χ4n) is 2.79. The predicted octanol–water partition coefficient (Wildman–Crippen LogP) is -0.610. The van der Waals surface area contributed by atoms with Gasteiger partial charge >= 0.3 is 0 Å². The van der Waals surface area contributed by atoms with E-state index in [1.165, 1.54) is 0 Å². The molecule has 1 aliphatic rings. The Morgan fingerprint density at radius 3 is 2.41 bits per heavy atom. The summed E-state index contributed by atoms with van der Waals surface area (Å²) in [5.74, 6) is 0. The van der Waals surface area contributed by atoms with Crippen molar-refractivity contribution in [1.82, 2.24) is 9.80 Å². The zero-order valence-electron chi connectivity index (χ0n) is 12.6. The van der Waals surface area contributed by atoms with E-state index >= 15 is 0 Å². The van der Waals surface area contributed by atoms with Gasteiger partial charge in [0.25, 0.3) is 0 Å². The number of aliphatic hydroxyl groups excluding tert-OH is 3. The van der Waals surface area contributed by atoms with Crippen LogP contribution in [-0.2, 0) is 6.54 Å². The molecule has 0 aliphatic carbocycles. The molecule has 6 nitrogen and oxygen atoms in total. The van der Waals surface area contributed by atoms with Crippen LogP contribution in [0.2, 0.25) is 0 Å². The number of benzene rings is 1. The smallest absolute Gasteiger partial charge is 0.0991 e. The van der Waals surface area contributed by atoms with Gasteiger partial charge in [-0.3, -0.25) is 9.80 Å². The highest BCUT2D eigenvalue weighted by Gasteiger charge is 2.25. The van der Waals surface area contributed by atoms with Crippen molar-refractivity contribution in [3.8, 4) is 6.07 Å². The van der Waals surface area contributed by atoms with Crippen LogP contribution >= 0.6 is 0 Å². The highest BCUT2D eigenvalue weighted by molar-refractivity contribution is 5.31. The van der Waals surface area contributed by atoms with Gasteiger partial charge in [-0.25, -0.2) is 0 Å². The Balaban J connectivity index is 1.96. The molecule has 1 atom stereocenters. The maximum atomic E-state index is 10.1. The van der Waals surface area contributed by atoms with Crippen LogP contribution in [0.3, 0.4) is 0 Å². The first-order valence-corrected chi connectivity index (χ1v) is 7.51. The monoisotopic (exact) mass is 305 g/mol. The van der Waals surface area contributed by atoms with E-state index in [0.717, 1.165) is 12.1 Å². The molecule has 0 radical (unpaired) electrons. The largest absolute Gasteiger partial charge is 0.395 e. The molecule has 0 saturated carbocycles. The molecule has 120 valence electrons. The minimum absolute atomic E-state index is 0.112. The summed E-state index contributed by atoms with van der Waals surface area (Å²) in [5, 5.41) is 37.5. The summed E-state index contributed by atoms with van der Waals surface area (Å²) in [6.07, 6.45) is -0.513. The van der Waals surface area contributed by atoms with E-state index in [9.17, 15) is 15.3 Å². The second-order valence-electron chi connectivity index (χ2n) is 5.71.